The summed E-state index contributed by atoms with van der Waals surface area (Å²) in [6.45, 7) is 16.0. The van der Waals surface area contributed by atoms with Crippen molar-refractivity contribution in [2.75, 3.05) is 26.2 Å². The molecule has 3 amide bonds. The van der Waals surface area contributed by atoms with E-state index in [2.05, 4.69) is 15.6 Å². The summed E-state index contributed by atoms with van der Waals surface area (Å²) in [5.41, 5.74) is 0.204. The van der Waals surface area contributed by atoms with E-state index in [1.54, 1.807) is 36.4 Å². The average molecular weight is 1020 g/mol. The SMILES string of the molecule is CC[C@H](C)[C@H](CC(=O)C(C)(C)N(C)C)C(=O)N(C)[C@H](C[C@@H](OC(C)=O)c1nc(C(=O)N[C@@H](Cc2ccc(O)c(CC(=O)CCCC(=O)C(C)NC(=O)C3=CSCS3)c2)CC(C)C(=O)O)cs1)C(C)C. The topological polar surface area (TPSA) is 230 Å². The van der Waals surface area contributed by atoms with Gasteiger partial charge in [0.1, 0.15) is 22.2 Å². The smallest absolute Gasteiger partial charge is 0.306 e. The molecule has 1 aliphatic heterocycles. The second-order valence-electron chi connectivity index (χ2n) is 19.2. The Kier molecular flexibility index (Phi) is 23.1. The van der Waals surface area contributed by atoms with Gasteiger partial charge in [0, 0.05) is 80.1 Å². The number of ketones is 3. The largest absolute Gasteiger partial charge is 0.508 e. The van der Waals surface area contributed by atoms with Crippen LogP contribution in [-0.4, -0.2) is 122 Å². The van der Waals surface area contributed by atoms with Gasteiger partial charge in [-0.25, -0.2) is 4.98 Å². The first kappa shape index (κ1) is 58.7. The highest BCUT2D eigenvalue weighted by molar-refractivity contribution is 8.22. The Morgan fingerprint density at radius 1 is 0.942 bits per heavy atom. The van der Waals surface area contributed by atoms with Gasteiger partial charge in [-0.1, -0.05) is 53.2 Å². The molecule has 2 unspecified atom stereocenters. The summed E-state index contributed by atoms with van der Waals surface area (Å²) in [7, 11) is 5.37. The number of nitrogens with one attached hydrogen (secondary N) is 2. The minimum absolute atomic E-state index is 0.0149. The quantitative estimate of drug-likeness (QED) is 0.0583. The zero-order valence-corrected chi connectivity index (χ0v) is 44.7. The van der Waals surface area contributed by atoms with Gasteiger partial charge in [0.05, 0.1) is 22.4 Å². The van der Waals surface area contributed by atoms with Gasteiger partial charge in [0.15, 0.2) is 17.7 Å². The molecule has 0 spiro atoms. The van der Waals surface area contributed by atoms with Crippen molar-refractivity contribution in [2.45, 2.75) is 150 Å². The predicted molar refractivity (Wildman–Crippen MR) is 271 cm³/mol. The Morgan fingerprint density at radius 2 is 1.62 bits per heavy atom. The van der Waals surface area contributed by atoms with Gasteiger partial charge in [-0.15, -0.1) is 34.9 Å². The molecule has 0 saturated carbocycles. The number of carboxylic acids is 1. The summed E-state index contributed by atoms with van der Waals surface area (Å²) < 4.78 is 5.80. The summed E-state index contributed by atoms with van der Waals surface area (Å²) in [6, 6.07) is 2.83. The molecule has 0 radical (unpaired) electrons. The van der Waals surface area contributed by atoms with E-state index in [-0.39, 0.29) is 104 Å². The highest BCUT2D eigenvalue weighted by Gasteiger charge is 2.39. The Labute approximate surface area is 419 Å². The number of thiazole rings is 1. The van der Waals surface area contributed by atoms with Crippen molar-refractivity contribution in [1.82, 2.24) is 25.4 Å². The Bertz CT molecular complexity index is 2190. The number of phenolic OH excluding ortho intramolecular Hbond substituents is 1. The molecule has 1 aliphatic rings. The number of phenols is 1. The van der Waals surface area contributed by atoms with Crippen LogP contribution in [0, 0.1) is 23.7 Å². The second-order valence-corrected chi connectivity index (χ2v) is 22.3. The molecule has 19 heteroatoms. The van der Waals surface area contributed by atoms with Crippen LogP contribution < -0.4 is 10.6 Å². The number of rotatable bonds is 29. The monoisotopic (exact) mass is 1020 g/mol. The lowest BCUT2D eigenvalue weighted by Gasteiger charge is -2.38. The van der Waals surface area contributed by atoms with Crippen molar-refractivity contribution in [3.8, 4) is 5.75 Å². The van der Waals surface area contributed by atoms with Crippen molar-refractivity contribution in [3.05, 3.63) is 55.7 Å². The number of hydrogen-bond donors (Lipinski definition) is 4. The fraction of sp³-hybridized carbons (Fsp3) is 0.620. The molecule has 7 atom stereocenters. The van der Waals surface area contributed by atoms with Crippen molar-refractivity contribution in [3.63, 3.8) is 0 Å². The van der Waals surface area contributed by atoms with Gasteiger partial charge in [0.25, 0.3) is 11.8 Å². The maximum absolute atomic E-state index is 14.3. The molecule has 3 rings (SSSR count). The minimum Gasteiger partial charge on any atom is -0.508 e. The molecule has 16 nitrogen and oxygen atoms in total. The molecular weight excluding hydrogens is 943 g/mol. The van der Waals surface area contributed by atoms with Crippen molar-refractivity contribution >= 4 is 81.9 Å². The molecule has 2 aromatic rings. The molecule has 69 heavy (non-hydrogen) atoms. The van der Waals surface area contributed by atoms with Gasteiger partial charge < -0.3 is 30.5 Å². The molecule has 2 heterocycles. The number of nitrogens with zero attached hydrogens (tertiary/aromatic N) is 3. The lowest BCUT2D eigenvalue weighted by atomic mass is 9.81. The molecule has 0 aliphatic carbocycles. The zero-order valence-electron chi connectivity index (χ0n) is 42.2. The molecule has 1 aromatic heterocycles. The van der Waals surface area contributed by atoms with Crippen molar-refractivity contribution in [2.24, 2.45) is 23.7 Å². The van der Waals surface area contributed by atoms with Crippen LogP contribution in [0.3, 0.4) is 0 Å². The van der Waals surface area contributed by atoms with Crippen LogP contribution in [0.1, 0.15) is 140 Å². The van der Waals surface area contributed by atoms with Crippen LogP contribution >= 0.6 is 34.9 Å². The van der Waals surface area contributed by atoms with Gasteiger partial charge in [-0.2, -0.15) is 0 Å². The number of ether oxygens (including phenoxy) is 1. The number of carbonyl (C=O) groups is 8. The van der Waals surface area contributed by atoms with E-state index in [0.29, 0.717) is 27.5 Å². The number of esters is 1. The van der Waals surface area contributed by atoms with Gasteiger partial charge in [0.2, 0.25) is 5.91 Å². The third kappa shape index (κ3) is 17.6. The van der Waals surface area contributed by atoms with Crippen LogP contribution in [-0.2, 0) is 51.1 Å². The first-order chi connectivity index (χ1) is 32.3. The maximum Gasteiger partial charge on any atom is 0.306 e. The molecular formula is C50H73N5O11S3. The number of carbonyl (C=O) groups excluding carboxylic acids is 7. The fourth-order valence-corrected chi connectivity index (χ4v) is 10.7. The van der Waals surface area contributed by atoms with E-state index in [9.17, 15) is 48.6 Å². The normalized spacial score (nSPS) is 15.8. The number of benzene rings is 1. The first-order valence-electron chi connectivity index (χ1n) is 23.5. The van der Waals surface area contributed by atoms with Crippen LogP contribution in [0.5, 0.6) is 5.75 Å². The van der Waals surface area contributed by atoms with Crippen LogP contribution in [0.15, 0.2) is 33.9 Å². The molecule has 0 bridgehead atoms. The number of aliphatic carboxylic acids is 1. The highest BCUT2D eigenvalue weighted by atomic mass is 32.2. The van der Waals surface area contributed by atoms with Crippen LogP contribution in [0.25, 0.3) is 0 Å². The Hall–Kier alpha value is -4.59. The number of amides is 3. The van der Waals surface area contributed by atoms with Crippen molar-refractivity contribution in [1.29, 1.82) is 0 Å². The van der Waals surface area contributed by atoms with Crippen LogP contribution in [0.2, 0.25) is 0 Å². The number of aromatic nitrogens is 1. The predicted octanol–water partition coefficient (Wildman–Crippen LogP) is 7.37. The lowest BCUT2D eigenvalue weighted by molar-refractivity contribution is -0.150. The summed E-state index contributed by atoms with van der Waals surface area (Å²) in [6.07, 6.45) is 0.484. The summed E-state index contributed by atoms with van der Waals surface area (Å²) in [5, 5.41) is 30.5. The van der Waals surface area contributed by atoms with E-state index >= 15 is 0 Å². The zero-order chi connectivity index (χ0) is 51.9. The number of hydrogen-bond acceptors (Lipinski definition) is 15. The molecule has 4 N–H and O–H groups in total. The first-order valence-corrected chi connectivity index (χ1v) is 26.4. The Morgan fingerprint density at radius 3 is 2.20 bits per heavy atom. The number of aromatic hydroxyl groups is 1. The van der Waals surface area contributed by atoms with Gasteiger partial charge in [-0.3, -0.25) is 43.3 Å². The van der Waals surface area contributed by atoms with Gasteiger partial charge in [-0.05, 0) is 83.0 Å². The van der Waals surface area contributed by atoms with E-state index < -0.39 is 59.5 Å². The number of likely N-dealkylation sites (N-methyl/N-ethyl adjacent to an activating group) is 1. The highest BCUT2D eigenvalue weighted by Crippen LogP contribution is 2.34. The number of carboxylic acid groups (broad SMARTS) is 1. The Balaban J connectivity index is 1.76. The molecule has 1 aromatic carbocycles. The number of Topliss-reactive ketones (excluding diaryl/α,β-unsaturated/α-hetero) is 3. The third-order valence-corrected chi connectivity index (χ3v) is 16.2. The van der Waals surface area contributed by atoms with Crippen LogP contribution in [0.4, 0.5) is 0 Å². The third-order valence-electron chi connectivity index (χ3n) is 13.1. The molecule has 0 fully saturated rings. The van der Waals surface area contributed by atoms with Gasteiger partial charge >= 0.3 is 11.9 Å². The van der Waals surface area contributed by atoms with E-state index in [4.69, 9.17) is 4.74 Å². The lowest BCUT2D eigenvalue weighted by Crippen LogP contribution is -2.50. The second kappa shape index (κ2) is 27.1. The van der Waals surface area contributed by atoms with E-state index in [0.717, 1.165) is 16.4 Å². The standard InChI is InChI=1S/C50H73N5O11S3/c1-13-29(4)37(23-44(60)50(8,9)54(10)11)48(63)55(12)39(28(2)3)24-42(66-32(7)56)47-53-38(25-68-47)45(61)52-35(19-30(5)49(64)65)21-33-17-18-41(59)34(20-33)22-36(57)15-14-16-40(58)31(6)51-46(62)43-26-67-27-69-43/h17-18,20,25-26,28-31,35,37,39,42,59H,13-16,19,21-24,27H2,1-12H3,(H,51,62)(H,52,61)(H,64,65)/t29-,30?,31?,35+,37-,39+,42+/m0/s1. The van der Waals surface area contributed by atoms with E-state index in [1.165, 1.54) is 48.8 Å². The summed E-state index contributed by atoms with van der Waals surface area (Å²) in [5.74, 6) is -4.91. The van der Waals surface area contributed by atoms with Crippen molar-refractivity contribution < 1.29 is 53.3 Å². The average Bonchev–Trinajstić information content (AvgIpc) is 4.01. The minimum atomic E-state index is -1.06. The fourth-order valence-electron chi connectivity index (χ4n) is 7.83. The van der Waals surface area contributed by atoms with E-state index in [1.807, 2.05) is 60.5 Å². The summed E-state index contributed by atoms with van der Waals surface area (Å²) in [4.78, 5) is 113. The molecule has 382 valence electrons. The summed E-state index contributed by atoms with van der Waals surface area (Å²) >= 11 is 4.03. The maximum atomic E-state index is 14.3. The number of thioether (sulfide) groups is 2. The molecule has 0 saturated heterocycles.